The predicted molar refractivity (Wildman–Crippen MR) is 66.6 cm³/mol. The molecular formula is C10H7F3IN3O. The molecule has 2 N–H and O–H groups in total. The molecule has 0 aliphatic heterocycles. The van der Waals surface area contributed by atoms with Crippen LogP contribution in [-0.4, -0.2) is 16.3 Å². The van der Waals surface area contributed by atoms with Crippen molar-refractivity contribution in [1.82, 2.24) is 10.1 Å². The lowest BCUT2D eigenvalue weighted by Crippen LogP contribution is -2.12. The van der Waals surface area contributed by atoms with Crippen LogP contribution < -0.4 is 5.73 Å². The Kier molecular flexibility index (Phi) is 3.46. The third-order valence-corrected chi connectivity index (χ3v) is 2.74. The van der Waals surface area contributed by atoms with Gasteiger partial charge in [0.1, 0.15) is 6.42 Å². The molecule has 0 atom stereocenters. The Labute approximate surface area is 114 Å². The summed E-state index contributed by atoms with van der Waals surface area (Å²) in [4.78, 5) is 3.69. The van der Waals surface area contributed by atoms with Crippen molar-refractivity contribution >= 4 is 28.3 Å². The van der Waals surface area contributed by atoms with Gasteiger partial charge in [-0.05, 0) is 40.8 Å². The van der Waals surface area contributed by atoms with Crippen LogP contribution in [0.3, 0.4) is 0 Å². The molecule has 0 spiro atoms. The highest BCUT2D eigenvalue weighted by atomic mass is 127. The van der Waals surface area contributed by atoms with Gasteiger partial charge >= 0.3 is 6.18 Å². The van der Waals surface area contributed by atoms with E-state index in [-0.39, 0.29) is 5.89 Å². The van der Waals surface area contributed by atoms with Gasteiger partial charge in [-0.15, -0.1) is 0 Å². The average molecular weight is 369 g/mol. The fourth-order valence-corrected chi connectivity index (χ4v) is 1.82. The summed E-state index contributed by atoms with van der Waals surface area (Å²) in [5, 5.41) is 3.28. The Morgan fingerprint density at radius 2 is 2.06 bits per heavy atom. The minimum atomic E-state index is -4.36. The van der Waals surface area contributed by atoms with Gasteiger partial charge in [0.25, 0.3) is 5.89 Å². The van der Waals surface area contributed by atoms with Gasteiger partial charge in [0.05, 0.1) is 5.56 Å². The van der Waals surface area contributed by atoms with Crippen LogP contribution in [0.2, 0.25) is 0 Å². The molecule has 96 valence electrons. The Balaban J connectivity index is 2.32. The first-order valence-corrected chi connectivity index (χ1v) is 5.88. The second-order valence-corrected chi connectivity index (χ2v) is 4.78. The van der Waals surface area contributed by atoms with Gasteiger partial charge in [0.15, 0.2) is 5.82 Å². The van der Waals surface area contributed by atoms with Crippen molar-refractivity contribution in [2.45, 2.75) is 12.6 Å². The van der Waals surface area contributed by atoms with Gasteiger partial charge < -0.3 is 10.3 Å². The number of hydrogen-bond acceptors (Lipinski definition) is 4. The number of alkyl halides is 3. The summed E-state index contributed by atoms with van der Waals surface area (Å²) >= 11 is 2.05. The molecule has 0 saturated carbocycles. The van der Waals surface area contributed by atoms with Gasteiger partial charge in [0.2, 0.25) is 0 Å². The van der Waals surface area contributed by atoms with Gasteiger partial charge in [0, 0.05) is 9.26 Å². The first kappa shape index (κ1) is 13.1. The third kappa shape index (κ3) is 3.12. The fraction of sp³-hybridized carbons (Fsp3) is 0.200. The van der Waals surface area contributed by atoms with Crippen molar-refractivity contribution in [2.24, 2.45) is 0 Å². The molecular weight excluding hydrogens is 362 g/mol. The van der Waals surface area contributed by atoms with Crippen LogP contribution >= 0.6 is 22.6 Å². The summed E-state index contributed by atoms with van der Waals surface area (Å²) in [7, 11) is 0. The van der Waals surface area contributed by atoms with Crippen LogP contribution in [-0.2, 0) is 6.42 Å². The predicted octanol–water partition coefficient (Wildman–Crippen LogP) is 3.03. The first-order valence-electron chi connectivity index (χ1n) is 4.80. The van der Waals surface area contributed by atoms with E-state index in [4.69, 9.17) is 10.3 Å². The molecule has 2 rings (SSSR count). The number of nitrogen functional groups attached to an aromatic ring is 1. The lowest BCUT2D eigenvalue weighted by atomic mass is 10.2. The molecule has 0 radical (unpaired) electrons. The lowest BCUT2D eigenvalue weighted by molar-refractivity contribution is -0.128. The van der Waals surface area contributed by atoms with Gasteiger partial charge in [-0.2, -0.15) is 18.2 Å². The summed E-state index contributed by atoms with van der Waals surface area (Å²) in [6, 6.07) is 5.07. The molecule has 4 nitrogen and oxygen atoms in total. The Morgan fingerprint density at radius 1 is 1.33 bits per heavy atom. The number of benzene rings is 1. The van der Waals surface area contributed by atoms with E-state index in [1.165, 1.54) is 0 Å². The highest BCUT2D eigenvalue weighted by molar-refractivity contribution is 14.1. The minimum Gasteiger partial charge on any atom is -0.398 e. The van der Waals surface area contributed by atoms with Gasteiger partial charge in [-0.25, -0.2) is 0 Å². The van der Waals surface area contributed by atoms with E-state index in [1.54, 1.807) is 18.2 Å². The number of anilines is 1. The maximum atomic E-state index is 12.1. The summed E-state index contributed by atoms with van der Waals surface area (Å²) < 4.78 is 42.1. The molecule has 0 saturated heterocycles. The van der Waals surface area contributed by atoms with Crippen LogP contribution in [0.1, 0.15) is 5.82 Å². The third-order valence-electron chi connectivity index (χ3n) is 2.07. The quantitative estimate of drug-likeness (QED) is 0.653. The highest BCUT2D eigenvalue weighted by Crippen LogP contribution is 2.27. The standard InChI is InChI=1S/C10H7F3IN3O/c11-10(12,13)4-8-16-9(18-17-8)6-3-5(14)1-2-7(6)15/h1-3H,4,15H2. The highest BCUT2D eigenvalue weighted by Gasteiger charge is 2.30. The topological polar surface area (TPSA) is 64.9 Å². The molecule has 0 fully saturated rings. The molecule has 8 heteroatoms. The summed E-state index contributed by atoms with van der Waals surface area (Å²) in [5.74, 6) is -0.416. The van der Waals surface area contributed by atoms with E-state index < -0.39 is 18.4 Å². The Hall–Kier alpha value is -1.32. The summed E-state index contributed by atoms with van der Waals surface area (Å²) in [6.07, 6.45) is -5.59. The van der Waals surface area contributed by atoms with E-state index in [0.29, 0.717) is 11.3 Å². The molecule has 18 heavy (non-hydrogen) atoms. The Bertz CT molecular complexity index is 568. The molecule has 2 aromatic rings. The number of rotatable bonds is 2. The molecule has 1 heterocycles. The van der Waals surface area contributed by atoms with Crippen molar-refractivity contribution in [2.75, 3.05) is 5.73 Å². The van der Waals surface area contributed by atoms with E-state index in [9.17, 15) is 13.2 Å². The number of nitrogens with zero attached hydrogens (tertiary/aromatic N) is 2. The van der Waals surface area contributed by atoms with E-state index in [2.05, 4.69) is 32.7 Å². The van der Waals surface area contributed by atoms with E-state index in [1.807, 2.05) is 0 Å². The second-order valence-electron chi connectivity index (χ2n) is 3.54. The van der Waals surface area contributed by atoms with Gasteiger partial charge in [-0.1, -0.05) is 5.16 Å². The van der Waals surface area contributed by atoms with Crippen molar-refractivity contribution in [3.05, 3.63) is 27.6 Å². The largest absolute Gasteiger partial charge is 0.398 e. The lowest BCUT2D eigenvalue weighted by Gasteiger charge is -2.01. The normalized spacial score (nSPS) is 11.8. The molecule has 0 unspecified atom stereocenters. The van der Waals surface area contributed by atoms with Crippen molar-refractivity contribution in [1.29, 1.82) is 0 Å². The van der Waals surface area contributed by atoms with Crippen LogP contribution in [0.15, 0.2) is 22.7 Å². The smallest absolute Gasteiger partial charge is 0.396 e. The van der Waals surface area contributed by atoms with Crippen molar-refractivity contribution < 1.29 is 17.7 Å². The zero-order chi connectivity index (χ0) is 13.3. The summed E-state index contributed by atoms with van der Waals surface area (Å²) in [6.45, 7) is 0. The molecule has 0 bridgehead atoms. The zero-order valence-corrected chi connectivity index (χ0v) is 11.0. The number of aromatic nitrogens is 2. The minimum absolute atomic E-state index is 0.00901. The van der Waals surface area contributed by atoms with Crippen LogP contribution in [0.4, 0.5) is 18.9 Å². The van der Waals surface area contributed by atoms with Crippen molar-refractivity contribution in [3.63, 3.8) is 0 Å². The molecule has 1 aromatic carbocycles. The Morgan fingerprint density at radius 3 is 2.72 bits per heavy atom. The monoisotopic (exact) mass is 369 g/mol. The second kappa shape index (κ2) is 4.75. The maximum Gasteiger partial charge on any atom is 0.396 e. The molecule has 0 aliphatic rings. The molecule has 0 amide bonds. The fourth-order valence-electron chi connectivity index (χ4n) is 1.33. The SMILES string of the molecule is Nc1ccc(I)cc1-c1nc(CC(F)(F)F)no1. The zero-order valence-electron chi connectivity index (χ0n) is 8.83. The average Bonchev–Trinajstić information content (AvgIpc) is 2.67. The number of halogens is 4. The van der Waals surface area contributed by atoms with Crippen LogP contribution in [0.25, 0.3) is 11.5 Å². The maximum absolute atomic E-state index is 12.1. The first-order chi connectivity index (χ1) is 8.35. The number of nitrogens with two attached hydrogens (primary N) is 1. The molecule has 1 aromatic heterocycles. The number of hydrogen-bond donors (Lipinski definition) is 1. The van der Waals surface area contributed by atoms with E-state index in [0.717, 1.165) is 3.57 Å². The molecule has 0 aliphatic carbocycles. The van der Waals surface area contributed by atoms with Crippen molar-refractivity contribution in [3.8, 4) is 11.5 Å². The van der Waals surface area contributed by atoms with Crippen LogP contribution in [0, 0.1) is 3.57 Å². The van der Waals surface area contributed by atoms with Gasteiger partial charge in [-0.3, -0.25) is 0 Å². The summed E-state index contributed by atoms with van der Waals surface area (Å²) in [5.41, 5.74) is 6.51. The van der Waals surface area contributed by atoms with E-state index >= 15 is 0 Å². The van der Waals surface area contributed by atoms with Crippen LogP contribution in [0.5, 0.6) is 0 Å².